The minimum atomic E-state index is -1.22. The van der Waals surface area contributed by atoms with Gasteiger partial charge in [-0.3, -0.25) is 0 Å². The van der Waals surface area contributed by atoms with Crippen LogP contribution in [0.3, 0.4) is 0 Å². The molecule has 1 heterocycles. The van der Waals surface area contributed by atoms with Gasteiger partial charge in [0.1, 0.15) is 0 Å². The van der Waals surface area contributed by atoms with Crippen molar-refractivity contribution >= 4 is 16.7 Å². The van der Waals surface area contributed by atoms with E-state index in [9.17, 15) is 9.59 Å². The molecule has 0 atom stereocenters. The van der Waals surface area contributed by atoms with E-state index >= 15 is 0 Å². The number of hydrogen-bond donors (Lipinski definition) is 1. The van der Waals surface area contributed by atoms with E-state index in [0.717, 1.165) is 11.1 Å². The lowest BCUT2D eigenvalue weighted by molar-refractivity contribution is 0.0656. The average Bonchev–Trinajstić information content (AvgIpc) is 2.25. The van der Waals surface area contributed by atoms with Gasteiger partial charge in [0, 0.05) is 5.56 Å². The molecular formula is C13H12O4. The molecule has 0 amide bonds. The summed E-state index contributed by atoms with van der Waals surface area (Å²) in [5.41, 5.74) is 1.87. The van der Waals surface area contributed by atoms with Crippen molar-refractivity contribution in [1.29, 1.82) is 0 Å². The van der Waals surface area contributed by atoms with Crippen molar-refractivity contribution in [1.82, 2.24) is 0 Å². The van der Waals surface area contributed by atoms with E-state index in [1.165, 1.54) is 0 Å². The van der Waals surface area contributed by atoms with Crippen LogP contribution in [0, 0.1) is 20.8 Å². The van der Waals surface area contributed by atoms with Gasteiger partial charge in [0.05, 0.1) is 5.39 Å². The standard InChI is InChI=1S/C13H12O4/c1-6-4-9-8(3)11(12(14)15)17-13(16)10(9)5-7(6)2/h4-5H,1-3H3,(H,14,15). The van der Waals surface area contributed by atoms with E-state index in [0.29, 0.717) is 16.3 Å². The van der Waals surface area contributed by atoms with Crippen LogP contribution in [0.1, 0.15) is 27.2 Å². The molecule has 0 radical (unpaired) electrons. The highest BCUT2D eigenvalue weighted by atomic mass is 16.4. The first-order valence-electron chi connectivity index (χ1n) is 5.19. The van der Waals surface area contributed by atoms with Crippen LogP contribution in [0.25, 0.3) is 10.8 Å². The average molecular weight is 232 g/mol. The zero-order chi connectivity index (χ0) is 12.7. The molecule has 0 aliphatic rings. The van der Waals surface area contributed by atoms with Crippen molar-refractivity contribution in [3.8, 4) is 0 Å². The van der Waals surface area contributed by atoms with E-state index < -0.39 is 11.6 Å². The molecule has 0 aliphatic heterocycles. The van der Waals surface area contributed by atoms with E-state index in [4.69, 9.17) is 9.52 Å². The van der Waals surface area contributed by atoms with Crippen molar-refractivity contribution < 1.29 is 14.3 Å². The van der Waals surface area contributed by atoms with Gasteiger partial charge in [-0.15, -0.1) is 0 Å². The predicted molar refractivity (Wildman–Crippen MR) is 63.7 cm³/mol. The smallest absolute Gasteiger partial charge is 0.372 e. The highest BCUT2D eigenvalue weighted by molar-refractivity contribution is 5.94. The maximum absolute atomic E-state index is 11.7. The van der Waals surface area contributed by atoms with Gasteiger partial charge < -0.3 is 9.52 Å². The fraction of sp³-hybridized carbons (Fsp3) is 0.231. The van der Waals surface area contributed by atoms with Crippen molar-refractivity contribution in [2.75, 3.05) is 0 Å². The van der Waals surface area contributed by atoms with Gasteiger partial charge >= 0.3 is 11.6 Å². The topological polar surface area (TPSA) is 67.5 Å². The van der Waals surface area contributed by atoms with Crippen LogP contribution in [-0.2, 0) is 0 Å². The minimum absolute atomic E-state index is 0.286. The molecule has 1 aromatic heterocycles. The Kier molecular flexibility index (Phi) is 2.50. The molecule has 0 unspecified atom stereocenters. The second-order valence-corrected chi connectivity index (χ2v) is 4.13. The Morgan fingerprint density at radius 2 is 1.65 bits per heavy atom. The summed E-state index contributed by atoms with van der Waals surface area (Å²) < 4.78 is 4.82. The quantitative estimate of drug-likeness (QED) is 0.819. The molecule has 88 valence electrons. The first kappa shape index (κ1) is 11.4. The fourth-order valence-electron chi connectivity index (χ4n) is 1.85. The first-order valence-corrected chi connectivity index (χ1v) is 5.19. The first-order chi connectivity index (χ1) is 7.91. The number of aromatic carboxylic acids is 1. The van der Waals surface area contributed by atoms with Gasteiger partial charge in [0.15, 0.2) is 0 Å². The normalized spacial score (nSPS) is 10.8. The van der Waals surface area contributed by atoms with Gasteiger partial charge in [-0.25, -0.2) is 9.59 Å². The van der Waals surface area contributed by atoms with Crippen LogP contribution in [-0.4, -0.2) is 11.1 Å². The van der Waals surface area contributed by atoms with Gasteiger partial charge in [0.2, 0.25) is 5.76 Å². The molecule has 4 heteroatoms. The maximum atomic E-state index is 11.7. The van der Waals surface area contributed by atoms with Crippen LogP contribution in [0.15, 0.2) is 21.3 Å². The lowest BCUT2D eigenvalue weighted by Crippen LogP contribution is -2.09. The highest BCUT2D eigenvalue weighted by Crippen LogP contribution is 2.22. The SMILES string of the molecule is Cc1cc2c(C)c(C(=O)O)oc(=O)c2cc1C. The molecule has 0 saturated heterocycles. The fourth-order valence-corrected chi connectivity index (χ4v) is 1.85. The molecule has 0 spiro atoms. The number of hydrogen-bond acceptors (Lipinski definition) is 3. The Morgan fingerprint density at radius 1 is 1.12 bits per heavy atom. The number of carboxylic acid groups (broad SMARTS) is 1. The molecule has 4 nitrogen and oxygen atoms in total. The van der Waals surface area contributed by atoms with Crippen LogP contribution in [0.2, 0.25) is 0 Å². The summed E-state index contributed by atoms with van der Waals surface area (Å²) in [5.74, 6) is -1.51. The third-order valence-corrected chi connectivity index (χ3v) is 2.99. The van der Waals surface area contributed by atoms with E-state index in [1.807, 2.05) is 19.9 Å². The molecule has 0 bridgehead atoms. The van der Waals surface area contributed by atoms with Crippen LogP contribution in [0.4, 0.5) is 0 Å². The molecule has 0 aliphatic carbocycles. The van der Waals surface area contributed by atoms with Crippen molar-refractivity contribution in [2.45, 2.75) is 20.8 Å². The molecule has 1 N–H and O–H groups in total. The van der Waals surface area contributed by atoms with Crippen LogP contribution < -0.4 is 5.63 Å². The summed E-state index contributed by atoms with van der Waals surface area (Å²) >= 11 is 0. The zero-order valence-corrected chi connectivity index (χ0v) is 9.83. The van der Waals surface area contributed by atoms with Crippen molar-refractivity contribution in [2.24, 2.45) is 0 Å². The molecule has 1 aromatic carbocycles. The number of fused-ring (bicyclic) bond motifs is 1. The minimum Gasteiger partial charge on any atom is -0.475 e. The van der Waals surface area contributed by atoms with Gasteiger partial charge in [-0.2, -0.15) is 0 Å². The Labute approximate surface area is 97.5 Å². The Morgan fingerprint density at radius 3 is 2.18 bits per heavy atom. The van der Waals surface area contributed by atoms with E-state index in [1.54, 1.807) is 13.0 Å². The van der Waals surface area contributed by atoms with Crippen LogP contribution >= 0.6 is 0 Å². The number of carboxylic acids is 1. The lowest BCUT2D eigenvalue weighted by atomic mass is 10.0. The summed E-state index contributed by atoms with van der Waals surface area (Å²) in [4.78, 5) is 22.6. The maximum Gasteiger partial charge on any atom is 0.372 e. The molecule has 0 fully saturated rings. The van der Waals surface area contributed by atoms with Crippen LogP contribution in [0.5, 0.6) is 0 Å². The Bertz CT molecular complexity index is 680. The van der Waals surface area contributed by atoms with Crippen molar-refractivity contribution in [3.05, 3.63) is 45.0 Å². The third-order valence-electron chi connectivity index (χ3n) is 2.99. The summed E-state index contributed by atoms with van der Waals surface area (Å²) in [7, 11) is 0. The molecule has 2 rings (SSSR count). The van der Waals surface area contributed by atoms with Gasteiger partial charge in [0.25, 0.3) is 0 Å². The van der Waals surface area contributed by atoms with Gasteiger partial charge in [-0.05, 0) is 43.4 Å². The molecule has 2 aromatic rings. The number of carbonyl (C=O) groups is 1. The summed E-state index contributed by atoms with van der Waals surface area (Å²) in [6.45, 7) is 5.46. The summed E-state index contributed by atoms with van der Waals surface area (Å²) in [6, 6.07) is 3.55. The van der Waals surface area contributed by atoms with Gasteiger partial charge in [-0.1, -0.05) is 6.07 Å². The Balaban J connectivity index is 2.99. The van der Waals surface area contributed by atoms with E-state index in [2.05, 4.69) is 0 Å². The van der Waals surface area contributed by atoms with Crippen molar-refractivity contribution in [3.63, 3.8) is 0 Å². The monoisotopic (exact) mass is 232 g/mol. The second kappa shape index (κ2) is 3.73. The second-order valence-electron chi connectivity index (χ2n) is 4.13. The number of rotatable bonds is 1. The number of aryl methyl sites for hydroxylation is 3. The number of benzene rings is 1. The summed E-state index contributed by atoms with van der Waals surface area (Å²) in [6.07, 6.45) is 0. The Hall–Kier alpha value is -2.10. The van der Waals surface area contributed by atoms with E-state index in [-0.39, 0.29) is 5.76 Å². The predicted octanol–water partition coefficient (Wildman–Crippen LogP) is 2.42. The molecule has 0 saturated carbocycles. The molecule has 17 heavy (non-hydrogen) atoms. The summed E-state index contributed by atoms with van der Waals surface area (Å²) in [5, 5.41) is 10.0. The lowest BCUT2D eigenvalue weighted by Gasteiger charge is -2.07. The largest absolute Gasteiger partial charge is 0.475 e. The zero-order valence-electron chi connectivity index (χ0n) is 9.83. The third kappa shape index (κ3) is 1.71. The molecular weight excluding hydrogens is 220 g/mol. The highest BCUT2D eigenvalue weighted by Gasteiger charge is 2.16.